The van der Waals surface area contributed by atoms with E-state index in [-0.39, 0.29) is 30.0 Å². The molecular weight excluding hydrogens is 351 g/mol. The maximum Gasteiger partial charge on any atom is 0.224 e. The zero-order valence-corrected chi connectivity index (χ0v) is 15.7. The Bertz CT molecular complexity index is 784. The third-order valence-electron chi connectivity index (χ3n) is 4.70. The molecule has 4 nitrogen and oxygen atoms in total. The Balaban J connectivity index is 1.64. The highest BCUT2D eigenvalue weighted by molar-refractivity contribution is 7.12. The van der Waals surface area contributed by atoms with Crippen LogP contribution in [0, 0.1) is 5.82 Å². The largest absolute Gasteiger partial charge is 0.354 e. The maximum atomic E-state index is 14.3. The molecule has 1 aromatic carbocycles. The lowest BCUT2D eigenvalue weighted by Gasteiger charge is -2.28. The van der Waals surface area contributed by atoms with Crippen LogP contribution in [0.15, 0.2) is 35.7 Å². The molecule has 1 aliphatic rings. The van der Waals surface area contributed by atoms with Crippen molar-refractivity contribution in [2.45, 2.75) is 32.2 Å². The van der Waals surface area contributed by atoms with E-state index in [1.165, 1.54) is 24.3 Å². The third-order valence-corrected chi connectivity index (χ3v) is 5.78. The molecule has 26 heavy (non-hydrogen) atoms. The van der Waals surface area contributed by atoms with Crippen molar-refractivity contribution in [2.24, 2.45) is 0 Å². The molecule has 1 aromatic heterocycles. The number of benzene rings is 1. The lowest BCUT2D eigenvalue weighted by atomic mass is 10.0. The topological polar surface area (TPSA) is 49.4 Å². The molecule has 138 valence electrons. The molecule has 1 atom stereocenters. The van der Waals surface area contributed by atoms with E-state index >= 15 is 0 Å². The third kappa shape index (κ3) is 4.56. The predicted octanol–water partition coefficient (Wildman–Crippen LogP) is 3.59. The number of likely N-dealkylation sites (tertiary alicyclic amines) is 1. The van der Waals surface area contributed by atoms with Crippen molar-refractivity contribution < 1.29 is 14.0 Å². The van der Waals surface area contributed by atoms with E-state index < -0.39 is 0 Å². The van der Waals surface area contributed by atoms with E-state index in [0.29, 0.717) is 17.0 Å². The van der Waals surface area contributed by atoms with Crippen LogP contribution in [0.3, 0.4) is 0 Å². The molecule has 1 fully saturated rings. The van der Waals surface area contributed by atoms with Gasteiger partial charge in [0.15, 0.2) is 5.78 Å². The van der Waals surface area contributed by atoms with Gasteiger partial charge in [-0.05, 0) is 55.9 Å². The number of halogens is 1. The second-order valence-electron chi connectivity index (χ2n) is 6.64. The first-order valence-electron chi connectivity index (χ1n) is 8.88. The Kier molecular flexibility index (Phi) is 6.16. The fraction of sp³-hybridized carbons (Fsp3) is 0.400. The average Bonchev–Trinajstić information content (AvgIpc) is 3.28. The summed E-state index contributed by atoms with van der Waals surface area (Å²) in [7, 11) is 0. The second-order valence-corrected chi connectivity index (χ2v) is 7.55. The summed E-state index contributed by atoms with van der Waals surface area (Å²) in [5.41, 5.74) is 1.46. The molecule has 1 N–H and O–H groups in total. The van der Waals surface area contributed by atoms with Crippen molar-refractivity contribution in [1.82, 2.24) is 10.2 Å². The van der Waals surface area contributed by atoms with Gasteiger partial charge in [0.25, 0.3) is 0 Å². The van der Waals surface area contributed by atoms with Gasteiger partial charge in [0.1, 0.15) is 5.82 Å². The number of rotatable bonds is 7. The van der Waals surface area contributed by atoms with Crippen molar-refractivity contribution in [2.75, 3.05) is 19.6 Å². The summed E-state index contributed by atoms with van der Waals surface area (Å²) < 4.78 is 14.3. The highest BCUT2D eigenvalue weighted by Crippen LogP contribution is 2.26. The van der Waals surface area contributed by atoms with E-state index in [1.54, 1.807) is 18.2 Å². The minimum atomic E-state index is -0.234. The van der Waals surface area contributed by atoms with Crippen LogP contribution in [0.5, 0.6) is 0 Å². The van der Waals surface area contributed by atoms with E-state index in [4.69, 9.17) is 0 Å². The van der Waals surface area contributed by atoms with Gasteiger partial charge in [-0.1, -0.05) is 18.2 Å². The molecule has 1 aliphatic heterocycles. The monoisotopic (exact) mass is 374 g/mol. The van der Waals surface area contributed by atoms with Gasteiger partial charge >= 0.3 is 0 Å². The summed E-state index contributed by atoms with van der Waals surface area (Å²) in [5, 5.41) is 4.78. The first kappa shape index (κ1) is 18.7. The van der Waals surface area contributed by atoms with Crippen molar-refractivity contribution in [3.63, 3.8) is 0 Å². The number of Topliss-reactive ketones (excluding diaryl/α,β-unsaturated/α-hetero) is 1. The maximum absolute atomic E-state index is 14.3. The van der Waals surface area contributed by atoms with Crippen LogP contribution in [0.1, 0.15) is 46.6 Å². The summed E-state index contributed by atoms with van der Waals surface area (Å²) in [4.78, 5) is 26.6. The average molecular weight is 374 g/mol. The Morgan fingerprint density at radius 3 is 2.65 bits per heavy atom. The summed E-state index contributed by atoms with van der Waals surface area (Å²) in [5.74, 6) is -0.337. The molecule has 0 saturated carbocycles. The molecule has 2 heterocycles. The summed E-state index contributed by atoms with van der Waals surface area (Å²) in [6, 6.07) is 8.39. The van der Waals surface area contributed by atoms with Gasteiger partial charge in [-0.2, -0.15) is 0 Å². The van der Waals surface area contributed by atoms with Crippen molar-refractivity contribution in [1.29, 1.82) is 0 Å². The fourth-order valence-electron chi connectivity index (χ4n) is 3.35. The normalized spacial score (nSPS) is 15.8. The van der Waals surface area contributed by atoms with Gasteiger partial charge < -0.3 is 5.32 Å². The zero-order valence-electron chi connectivity index (χ0n) is 14.8. The number of carbonyl (C=O) groups excluding carboxylic acids is 2. The molecule has 0 bridgehead atoms. The van der Waals surface area contributed by atoms with Crippen molar-refractivity contribution >= 4 is 23.0 Å². The fourth-order valence-corrected chi connectivity index (χ4v) is 4.16. The Morgan fingerprint density at radius 2 is 2.00 bits per heavy atom. The van der Waals surface area contributed by atoms with Crippen LogP contribution < -0.4 is 5.32 Å². The van der Waals surface area contributed by atoms with E-state index in [1.807, 2.05) is 11.4 Å². The Morgan fingerprint density at radius 1 is 1.27 bits per heavy atom. The first-order valence-corrected chi connectivity index (χ1v) is 9.76. The van der Waals surface area contributed by atoms with E-state index in [9.17, 15) is 14.0 Å². The number of nitrogens with one attached hydrogen (secondary N) is 1. The van der Waals surface area contributed by atoms with Crippen LogP contribution >= 0.6 is 11.3 Å². The number of ketones is 1. The second kappa shape index (κ2) is 8.56. The SMILES string of the molecule is CC(=O)c1cc(CC(=O)NCC(c2ccccc2F)N2CCCC2)cs1. The van der Waals surface area contributed by atoms with E-state index in [0.717, 1.165) is 31.5 Å². The molecule has 2 aromatic rings. The number of amides is 1. The van der Waals surface area contributed by atoms with Crippen molar-refractivity contribution in [3.8, 4) is 0 Å². The number of hydrogen-bond donors (Lipinski definition) is 1. The smallest absolute Gasteiger partial charge is 0.224 e. The summed E-state index contributed by atoms with van der Waals surface area (Å²) >= 11 is 1.36. The summed E-state index contributed by atoms with van der Waals surface area (Å²) in [6.07, 6.45) is 2.43. The molecular formula is C20H23FN2O2S. The highest BCUT2D eigenvalue weighted by Gasteiger charge is 2.26. The van der Waals surface area contributed by atoms with Crippen molar-refractivity contribution in [3.05, 3.63) is 57.5 Å². The standard InChI is InChI=1S/C20H23FN2O2S/c1-14(24)19-10-15(13-26-19)11-20(25)22-12-18(23-8-4-5-9-23)16-6-2-3-7-17(16)21/h2-3,6-7,10,13,18H,4-5,8-9,11-12H2,1H3,(H,22,25). The van der Waals surface area contributed by atoms with Gasteiger partial charge in [0.2, 0.25) is 5.91 Å². The van der Waals surface area contributed by atoms with Crippen LogP contribution in [0.2, 0.25) is 0 Å². The number of thiophene rings is 1. The number of nitrogens with zero attached hydrogens (tertiary/aromatic N) is 1. The first-order chi connectivity index (χ1) is 12.5. The van der Waals surface area contributed by atoms with Gasteiger partial charge in [-0.15, -0.1) is 11.3 Å². The van der Waals surface area contributed by atoms with Crippen LogP contribution in [-0.4, -0.2) is 36.2 Å². The Hall–Kier alpha value is -2.05. The molecule has 0 aliphatic carbocycles. The van der Waals surface area contributed by atoms with Gasteiger partial charge in [-0.3, -0.25) is 14.5 Å². The van der Waals surface area contributed by atoms with Crippen LogP contribution in [0.4, 0.5) is 4.39 Å². The van der Waals surface area contributed by atoms with E-state index in [2.05, 4.69) is 10.2 Å². The van der Waals surface area contributed by atoms with Gasteiger partial charge in [-0.25, -0.2) is 4.39 Å². The van der Waals surface area contributed by atoms with Gasteiger partial charge in [0, 0.05) is 12.1 Å². The minimum absolute atomic E-state index is 0.00954. The molecule has 3 rings (SSSR count). The molecule has 1 amide bonds. The molecule has 0 spiro atoms. The van der Waals surface area contributed by atoms with Crippen LogP contribution in [0.25, 0.3) is 0 Å². The van der Waals surface area contributed by atoms with Gasteiger partial charge in [0.05, 0.1) is 17.3 Å². The minimum Gasteiger partial charge on any atom is -0.354 e. The number of hydrogen-bond acceptors (Lipinski definition) is 4. The van der Waals surface area contributed by atoms with Crippen LogP contribution in [-0.2, 0) is 11.2 Å². The quantitative estimate of drug-likeness (QED) is 0.754. The molecule has 6 heteroatoms. The lowest BCUT2D eigenvalue weighted by Crippen LogP contribution is -2.37. The predicted molar refractivity (Wildman–Crippen MR) is 101 cm³/mol. The number of carbonyl (C=O) groups is 2. The summed E-state index contributed by atoms with van der Waals surface area (Å²) in [6.45, 7) is 3.73. The zero-order chi connectivity index (χ0) is 18.5. The molecule has 1 saturated heterocycles. The highest BCUT2D eigenvalue weighted by atomic mass is 32.1. The molecule has 1 unspecified atom stereocenters. The molecule has 0 radical (unpaired) electrons. The Labute approximate surface area is 157 Å². The lowest BCUT2D eigenvalue weighted by molar-refractivity contribution is -0.120.